The van der Waals surface area contributed by atoms with Crippen LogP contribution in [0.2, 0.25) is 0 Å². The van der Waals surface area contributed by atoms with E-state index in [1.54, 1.807) is 12.1 Å². The zero-order chi connectivity index (χ0) is 14.5. The van der Waals surface area contributed by atoms with Gasteiger partial charge in [0, 0.05) is 10.5 Å². The van der Waals surface area contributed by atoms with E-state index in [0.29, 0.717) is 12.0 Å². The number of benzene rings is 1. The average Bonchev–Trinajstić information content (AvgIpc) is 2.90. The molecule has 20 heavy (non-hydrogen) atoms. The van der Waals surface area contributed by atoms with Gasteiger partial charge in [0.2, 0.25) is 0 Å². The van der Waals surface area contributed by atoms with E-state index in [4.69, 9.17) is 0 Å². The Hall–Kier alpha value is -0.410. The minimum absolute atomic E-state index is 0.168. The number of hydrogen-bond donors (Lipinski definition) is 1. The zero-order valence-electron chi connectivity index (χ0n) is 12.5. The third-order valence-corrected chi connectivity index (χ3v) is 5.09. The van der Waals surface area contributed by atoms with Gasteiger partial charge in [-0.15, -0.1) is 0 Å². The molecule has 0 spiro atoms. The van der Waals surface area contributed by atoms with Gasteiger partial charge in [-0.1, -0.05) is 61.5 Å². The van der Waals surface area contributed by atoms with Gasteiger partial charge in [0.25, 0.3) is 0 Å². The highest BCUT2D eigenvalue weighted by Gasteiger charge is 2.25. The molecule has 1 saturated carbocycles. The van der Waals surface area contributed by atoms with E-state index in [9.17, 15) is 4.39 Å². The fourth-order valence-corrected chi connectivity index (χ4v) is 3.70. The van der Waals surface area contributed by atoms with Gasteiger partial charge < -0.3 is 5.32 Å². The van der Waals surface area contributed by atoms with Crippen molar-refractivity contribution in [2.45, 2.75) is 52.0 Å². The fraction of sp³-hybridized carbons (Fsp3) is 0.647. The van der Waals surface area contributed by atoms with Crippen LogP contribution in [0, 0.1) is 17.7 Å². The van der Waals surface area contributed by atoms with E-state index in [2.05, 4.69) is 35.1 Å². The van der Waals surface area contributed by atoms with Crippen molar-refractivity contribution in [2.75, 3.05) is 6.54 Å². The molecule has 1 atom stereocenters. The lowest BCUT2D eigenvalue weighted by atomic mass is 9.85. The van der Waals surface area contributed by atoms with Crippen molar-refractivity contribution in [3.63, 3.8) is 0 Å². The van der Waals surface area contributed by atoms with Crippen molar-refractivity contribution in [1.29, 1.82) is 0 Å². The van der Waals surface area contributed by atoms with Gasteiger partial charge in [0.1, 0.15) is 5.82 Å². The van der Waals surface area contributed by atoms with E-state index >= 15 is 0 Å². The summed E-state index contributed by atoms with van der Waals surface area (Å²) < 4.78 is 14.1. The second kappa shape index (κ2) is 7.56. The number of hydrogen-bond acceptors (Lipinski definition) is 1. The van der Waals surface area contributed by atoms with Crippen molar-refractivity contribution in [3.8, 4) is 0 Å². The zero-order valence-corrected chi connectivity index (χ0v) is 14.0. The summed E-state index contributed by atoms with van der Waals surface area (Å²) in [5.41, 5.74) is 1.23. The highest BCUT2D eigenvalue weighted by atomic mass is 79.9. The first-order chi connectivity index (χ1) is 9.56. The minimum atomic E-state index is -0.168. The van der Waals surface area contributed by atoms with Gasteiger partial charge in [0.05, 0.1) is 0 Å². The number of nitrogens with one attached hydrogen (secondary N) is 1. The predicted molar refractivity (Wildman–Crippen MR) is 86.4 cm³/mol. The Bertz CT molecular complexity index is 427. The first-order valence-electron chi connectivity index (χ1n) is 7.73. The van der Waals surface area contributed by atoms with Crippen LogP contribution in [0.5, 0.6) is 0 Å². The molecule has 0 radical (unpaired) electrons. The van der Waals surface area contributed by atoms with Gasteiger partial charge in [-0.05, 0) is 42.5 Å². The van der Waals surface area contributed by atoms with Crippen LogP contribution in [-0.4, -0.2) is 12.6 Å². The maximum atomic E-state index is 13.2. The lowest BCUT2D eigenvalue weighted by Gasteiger charge is -2.25. The molecule has 1 unspecified atom stereocenters. The smallest absolute Gasteiger partial charge is 0.124 e. The third kappa shape index (κ3) is 4.56. The molecular weight excluding hydrogens is 317 g/mol. The summed E-state index contributed by atoms with van der Waals surface area (Å²) in [4.78, 5) is 0. The Kier molecular flexibility index (Phi) is 6.03. The molecule has 1 aromatic rings. The SMILES string of the molecule is CC(C)NCC(Cc1ccc(F)cc1Br)C1CCCC1. The van der Waals surface area contributed by atoms with Crippen LogP contribution in [0.25, 0.3) is 0 Å². The molecule has 0 bridgehead atoms. The third-order valence-electron chi connectivity index (χ3n) is 4.35. The Morgan fingerprint density at radius 3 is 2.60 bits per heavy atom. The highest BCUT2D eigenvalue weighted by molar-refractivity contribution is 9.10. The molecule has 0 heterocycles. The molecule has 1 fully saturated rings. The van der Waals surface area contributed by atoms with Crippen molar-refractivity contribution in [3.05, 3.63) is 34.1 Å². The van der Waals surface area contributed by atoms with Crippen LogP contribution < -0.4 is 5.32 Å². The van der Waals surface area contributed by atoms with E-state index in [1.807, 2.05) is 6.07 Å². The molecule has 1 aromatic carbocycles. The van der Waals surface area contributed by atoms with Gasteiger partial charge >= 0.3 is 0 Å². The van der Waals surface area contributed by atoms with Crippen molar-refractivity contribution in [1.82, 2.24) is 5.32 Å². The van der Waals surface area contributed by atoms with Crippen LogP contribution in [-0.2, 0) is 6.42 Å². The van der Waals surface area contributed by atoms with Gasteiger partial charge in [-0.25, -0.2) is 4.39 Å². The van der Waals surface area contributed by atoms with Gasteiger partial charge in [-0.3, -0.25) is 0 Å². The number of halogens is 2. The summed E-state index contributed by atoms with van der Waals surface area (Å²) in [6, 6.07) is 5.60. The minimum Gasteiger partial charge on any atom is -0.314 e. The summed E-state index contributed by atoms with van der Waals surface area (Å²) in [7, 11) is 0. The standard InChI is InChI=1S/C17H25BrFN/c1-12(2)20-11-15(13-5-3-4-6-13)9-14-7-8-16(19)10-17(14)18/h7-8,10,12-13,15,20H,3-6,9,11H2,1-2H3. The lowest BCUT2D eigenvalue weighted by molar-refractivity contribution is 0.312. The first kappa shape index (κ1) is 16.0. The van der Waals surface area contributed by atoms with Crippen LogP contribution in [0.1, 0.15) is 45.1 Å². The predicted octanol–water partition coefficient (Wildman–Crippen LogP) is 4.94. The molecule has 1 nitrogen and oxygen atoms in total. The molecule has 112 valence electrons. The van der Waals surface area contributed by atoms with Crippen molar-refractivity contribution < 1.29 is 4.39 Å². The van der Waals surface area contributed by atoms with Gasteiger partial charge in [-0.2, -0.15) is 0 Å². The summed E-state index contributed by atoms with van der Waals surface area (Å²) in [5.74, 6) is 1.30. The summed E-state index contributed by atoms with van der Waals surface area (Å²) in [6.45, 7) is 5.45. The lowest BCUT2D eigenvalue weighted by Crippen LogP contribution is -2.33. The summed E-state index contributed by atoms with van der Waals surface area (Å²) in [5, 5.41) is 3.58. The molecule has 1 aliphatic carbocycles. The maximum absolute atomic E-state index is 13.2. The van der Waals surface area contributed by atoms with E-state index in [1.165, 1.54) is 31.2 Å². The molecule has 1 N–H and O–H groups in total. The quantitative estimate of drug-likeness (QED) is 0.772. The first-order valence-corrected chi connectivity index (χ1v) is 8.53. The molecule has 1 aliphatic rings. The van der Waals surface area contributed by atoms with Crippen LogP contribution >= 0.6 is 15.9 Å². The van der Waals surface area contributed by atoms with Crippen LogP contribution in [0.4, 0.5) is 4.39 Å². The summed E-state index contributed by atoms with van der Waals surface area (Å²) >= 11 is 3.50. The second-order valence-electron chi connectivity index (χ2n) is 6.31. The number of rotatable bonds is 6. The largest absolute Gasteiger partial charge is 0.314 e. The molecule has 0 amide bonds. The average molecular weight is 342 g/mol. The topological polar surface area (TPSA) is 12.0 Å². The Balaban J connectivity index is 2.05. The van der Waals surface area contributed by atoms with Crippen molar-refractivity contribution >= 4 is 15.9 Å². The Morgan fingerprint density at radius 1 is 1.30 bits per heavy atom. The van der Waals surface area contributed by atoms with E-state index in [0.717, 1.165) is 23.4 Å². The second-order valence-corrected chi connectivity index (χ2v) is 7.16. The molecule has 3 heteroatoms. The molecule has 0 saturated heterocycles. The monoisotopic (exact) mass is 341 g/mol. The molecule has 0 aliphatic heterocycles. The Morgan fingerprint density at radius 2 is 2.00 bits per heavy atom. The normalized spacial score (nSPS) is 17.9. The highest BCUT2D eigenvalue weighted by Crippen LogP contribution is 2.34. The van der Waals surface area contributed by atoms with Crippen molar-refractivity contribution in [2.24, 2.45) is 11.8 Å². The van der Waals surface area contributed by atoms with Gasteiger partial charge in [0.15, 0.2) is 0 Å². The molecular formula is C17H25BrFN. The van der Waals surface area contributed by atoms with E-state index in [-0.39, 0.29) is 5.82 Å². The van der Waals surface area contributed by atoms with E-state index < -0.39 is 0 Å². The van der Waals surface area contributed by atoms with Crippen LogP contribution in [0.15, 0.2) is 22.7 Å². The van der Waals surface area contributed by atoms with Crippen LogP contribution in [0.3, 0.4) is 0 Å². The fourth-order valence-electron chi connectivity index (χ4n) is 3.19. The summed E-state index contributed by atoms with van der Waals surface area (Å²) in [6.07, 6.45) is 6.47. The molecule has 2 rings (SSSR count). The Labute approximate surface area is 130 Å². The molecule has 0 aromatic heterocycles. The maximum Gasteiger partial charge on any atom is 0.124 e.